The molecule has 0 fully saturated rings. The van der Waals surface area contributed by atoms with Crippen molar-refractivity contribution in [1.82, 2.24) is 5.32 Å². The van der Waals surface area contributed by atoms with Crippen LogP contribution < -0.4 is 9.62 Å². The second-order valence-electron chi connectivity index (χ2n) is 5.28. The summed E-state index contributed by atoms with van der Waals surface area (Å²) in [5.74, 6) is -0.312. The average Bonchev–Trinajstić information content (AvgIpc) is 2.41. The van der Waals surface area contributed by atoms with Crippen LogP contribution in [0.1, 0.15) is 32.3 Å². The zero-order valence-electron chi connectivity index (χ0n) is 13.4. The second-order valence-corrected chi connectivity index (χ2v) is 7.62. The molecule has 0 spiro atoms. The van der Waals surface area contributed by atoms with Crippen LogP contribution in [0.15, 0.2) is 18.2 Å². The number of anilines is 1. The van der Waals surface area contributed by atoms with Crippen LogP contribution in [0.5, 0.6) is 0 Å². The predicted molar refractivity (Wildman–Crippen MR) is 90.9 cm³/mol. The average molecular weight is 347 g/mol. The van der Waals surface area contributed by atoms with E-state index < -0.39 is 10.0 Å². The van der Waals surface area contributed by atoms with Crippen LogP contribution in [0.3, 0.4) is 0 Å². The molecule has 1 aromatic rings. The number of rotatable bonds is 7. The van der Waals surface area contributed by atoms with E-state index in [-0.39, 0.29) is 18.5 Å². The van der Waals surface area contributed by atoms with Crippen LogP contribution in [0, 0.1) is 6.92 Å². The normalized spacial score (nSPS) is 11.5. The molecule has 0 bridgehead atoms. The molecule has 0 aliphatic rings. The number of halogens is 1. The zero-order chi connectivity index (χ0) is 16.9. The number of amides is 1. The standard InChI is InChI=1S/C15H23ClN2O3S/c1-5-13(6-2)17-15(19)10-18(22(4,20)21)14-8-7-12(16)9-11(14)3/h7-9,13H,5-6,10H2,1-4H3,(H,17,19). The second kappa shape index (κ2) is 7.83. The summed E-state index contributed by atoms with van der Waals surface area (Å²) < 4.78 is 25.2. The Hall–Kier alpha value is -1.27. The maximum absolute atomic E-state index is 12.1. The van der Waals surface area contributed by atoms with E-state index >= 15 is 0 Å². The summed E-state index contributed by atoms with van der Waals surface area (Å²) in [6, 6.07) is 4.96. The van der Waals surface area contributed by atoms with Gasteiger partial charge in [-0.1, -0.05) is 25.4 Å². The van der Waals surface area contributed by atoms with Gasteiger partial charge in [0.1, 0.15) is 6.54 Å². The van der Waals surface area contributed by atoms with Crippen molar-refractivity contribution < 1.29 is 13.2 Å². The fourth-order valence-electron chi connectivity index (χ4n) is 2.18. The van der Waals surface area contributed by atoms with Gasteiger partial charge in [0.15, 0.2) is 0 Å². The number of carbonyl (C=O) groups excluding carboxylic acids is 1. The summed E-state index contributed by atoms with van der Waals surface area (Å²) in [5.41, 5.74) is 1.17. The summed E-state index contributed by atoms with van der Waals surface area (Å²) in [6.45, 7) is 5.48. The quantitative estimate of drug-likeness (QED) is 0.825. The van der Waals surface area contributed by atoms with Crippen molar-refractivity contribution >= 4 is 33.2 Å². The Morgan fingerprint density at radius 3 is 2.36 bits per heavy atom. The molecule has 1 amide bonds. The highest BCUT2D eigenvalue weighted by atomic mass is 35.5. The van der Waals surface area contributed by atoms with Gasteiger partial charge < -0.3 is 5.32 Å². The van der Waals surface area contributed by atoms with E-state index in [0.29, 0.717) is 16.3 Å². The number of hydrogen-bond acceptors (Lipinski definition) is 3. The van der Waals surface area contributed by atoms with Gasteiger partial charge in [0.25, 0.3) is 0 Å². The number of hydrogen-bond donors (Lipinski definition) is 1. The highest BCUT2D eigenvalue weighted by molar-refractivity contribution is 7.92. The van der Waals surface area contributed by atoms with Gasteiger partial charge in [-0.3, -0.25) is 9.10 Å². The third-order valence-corrected chi connectivity index (χ3v) is 4.83. The Morgan fingerprint density at radius 1 is 1.32 bits per heavy atom. The summed E-state index contributed by atoms with van der Waals surface area (Å²) in [6.07, 6.45) is 2.70. The van der Waals surface area contributed by atoms with Gasteiger partial charge in [-0.05, 0) is 43.5 Å². The maximum Gasteiger partial charge on any atom is 0.240 e. The molecule has 0 aromatic heterocycles. The highest BCUT2D eigenvalue weighted by Crippen LogP contribution is 2.25. The number of carbonyl (C=O) groups is 1. The van der Waals surface area contributed by atoms with Gasteiger partial charge in [0, 0.05) is 11.1 Å². The molecule has 7 heteroatoms. The Labute approximate surface area is 137 Å². The van der Waals surface area contributed by atoms with Crippen molar-refractivity contribution in [3.05, 3.63) is 28.8 Å². The van der Waals surface area contributed by atoms with Crippen molar-refractivity contribution in [2.24, 2.45) is 0 Å². The molecule has 0 radical (unpaired) electrons. The molecule has 0 saturated heterocycles. The molecule has 0 unspecified atom stereocenters. The van der Waals surface area contributed by atoms with E-state index in [1.54, 1.807) is 25.1 Å². The van der Waals surface area contributed by atoms with E-state index in [1.807, 2.05) is 13.8 Å². The first-order chi connectivity index (χ1) is 10.2. The molecule has 0 aliphatic heterocycles. The number of aryl methyl sites for hydroxylation is 1. The fraction of sp³-hybridized carbons (Fsp3) is 0.533. The molecule has 1 N–H and O–H groups in total. The van der Waals surface area contributed by atoms with Crippen LogP contribution in [0.25, 0.3) is 0 Å². The lowest BCUT2D eigenvalue weighted by Crippen LogP contribution is -2.44. The first-order valence-electron chi connectivity index (χ1n) is 7.22. The molecule has 0 atom stereocenters. The zero-order valence-corrected chi connectivity index (χ0v) is 15.0. The molecule has 0 saturated carbocycles. The Morgan fingerprint density at radius 2 is 1.91 bits per heavy atom. The van der Waals surface area contributed by atoms with Gasteiger partial charge in [-0.15, -0.1) is 0 Å². The molecule has 5 nitrogen and oxygen atoms in total. The third kappa shape index (κ3) is 5.18. The predicted octanol–water partition coefficient (Wildman–Crippen LogP) is 2.72. The molecular formula is C15H23ClN2O3S. The molecule has 1 rings (SSSR count). The minimum absolute atomic E-state index is 0.0558. The van der Waals surface area contributed by atoms with E-state index in [2.05, 4.69) is 5.32 Å². The van der Waals surface area contributed by atoms with Gasteiger partial charge in [-0.25, -0.2) is 8.42 Å². The molecule has 22 heavy (non-hydrogen) atoms. The Kier molecular flexibility index (Phi) is 6.68. The van der Waals surface area contributed by atoms with Crippen molar-refractivity contribution in [3.8, 4) is 0 Å². The summed E-state index contributed by atoms with van der Waals surface area (Å²) in [7, 11) is -3.57. The minimum atomic E-state index is -3.57. The lowest BCUT2D eigenvalue weighted by molar-refractivity contribution is -0.120. The van der Waals surface area contributed by atoms with Crippen molar-refractivity contribution in [2.75, 3.05) is 17.1 Å². The highest BCUT2D eigenvalue weighted by Gasteiger charge is 2.23. The molecule has 124 valence electrons. The van der Waals surface area contributed by atoms with Gasteiger partial charge in [0.05, 0.1) is 11.9 Å². The Balaban J connectivity index is 3.03. The van der Waals surface area contributed by atoms with E-state index in [9.17, 15) is 13.2 Å². The SMILES string of the molecule is CCC(CC)NC(=O)CN(c1ccc(Cl)cc1C)S(C)(=O)=O. The van der Waals surface area contributed by atoms with Crippen LogP contribution in [0.4, 0.5) is 5.69 Å². The molecule has 0 aliphatic carbocycles. The summed E-state index contributed by atoms with van der Waals surface area (Å²) in [5, 5.41) is 3.37. The number of nitrogens with zero attached hydrogens (tertiary/aromatic N) is 1. The van der Waals surface area contributed by atoms with E-state index in [4.69, 9.17) is 11.6 Å². The summed E-state index contributed by atoms with van der Waals surface area (Å²) >= 11 is 5.90. The largest absolute Gasteiger partial charge is 0.352 e. The fourth-order valence-corrected chi connectivity index (χ4v) is 3.32. The first-order valence-corrected chi connectivity index (χ1v) is 9.44. The van der Waals surface area contributed by atoms with E-state index in [0.717, 1.165) is 23.4 Å². The topological polar surface area (TPSA) is 66.5 Å². The van der Waals surface area contributed by atoms with Crippen molar-refractivity contribution in [2.45, 2.75) is 39.7 Å². The Bertz CT molecular complexity index is 628. The lowest BCUT2D eigenvalue weighted by Gasteiger charge is -2.25. The number of nitrogens with one attached hydrogen (secondary N) is 1. The molecular weight excluding hydrogens is 324 g/mol. The summed E-state index contributed by atoms with van der Waals surface area (Å²) in [4.78, 5) is 12.1. The first kappa shape index (κ1) is 18.8. The minimum Gasteiger partial charge on any atom is -0.352 e. The molecule has 0 heterocycles. The number of sulfonamides is 1. The number of benzene rings is 1. The third-order valence-electron chi connectivity index (χ3n) is 3.47. The van der Waals surface area contributed by atoms with Crippen LogP contribution in [-0.2, 0) is 14.8 Å². The van der Waals surface area contributed by atoms with Gasteiger partial charge in [0.2, 0.25) is 15.9 Å². The van der Waals surface area contributed by atoms with Crippen LogP contribution in [-0.4, -0.2) is 33.2 Å². The van der Waals surface area contributed by atoms with Crippen molar-refractivity contribution in [3.63, 3.8) is 0 Å². The van der Waals surface area contributed by atoms with Crippen LogP contribution in [0.2, 0.25) is 5.02 Å². The van der Waals surface area contributed by atoms with E-state index in [1.165, 1.54) is 0 Å². The van der Waals surface area contributed by atoms with Gasteiger partial charge >= 0.3 is 0 Å². The van der Waals surface area contributed by atoms with Crippen molar-refractivity contribution in [1.29, 1.82) is 0 Å². The maximum atomic E-state index is 12.1. The monoisotopic (exact) mass is 346 g/mol. The molecule has 1 aromatic carbocycles. The van der Waals surface area contributed by atoms with Gasteiger partial charge in [-0.2, -0.15) is 0 Å². The van der Waals surface area contributed by atoms with Crippen LogP contribution >= 0.6 is 11.6 Å². The smallest absolute Gasteiger partial charge is 0.240 e. The lowest BCUT2D eigenvalue weighted by atomic mass is 10.1.